The van der Waals surface area contributed by atoms with Crippen molar-refractivity contribution in [1.82, 2.24) is 14.5 Å². The summed E-state index contributed by atoms with van der Waals surface area (Å²) >= 11 is 0. The zero-order valence-electron chi connectivity index (χ0n) is 25.6. The van der Waals surface area contributed by atoms with Gasteiger partial charge in [-0.3, -0.25) is 4.79 Å². The fraction of sp³-hybridized carbons (Fsp3) is 0.278. The molecule has 0 spiro atoms. The van der Waals surface area contributed by atoms with E-state index in [1.807, 2.05) is 24.5 Å². The highest BCUT2D eigenvalue weighted by molar-refractivity contribution is 5.97. The van der Waals surface area contributed by atoms with Gasteiger partial charge >= 0.3 is 0 Å². The van der Waals surface area contributed by atoms with Crippen LogP contribution in [-0.2, 0) is 24.3 Å². The van der Waals surface area contributed by atoms with Crippen LogP contribution in [0, 0.1) is 28.8 Å². The largest absolute Gasteiger partial charge is 0.473 e. The molecule has 1 aliphatic rings. The second-order valence-corrected chi connectivity index (χ2v) is 12.1. The van der Waals surface area contributed by atoms with Crippen molar-refractivity contribution in [1.29, 1.82) is 5.26 Å². The highest BCUT2D eigenvalue weighted by Gasteiger charge is 2.32. The van der Waals surface area contributed by atoms with Crippen molar-refractivity contribution in [2.24, 2.45) is 0 Å². The third-order valence-electron chi connectivity index (χ3n) is 8.22. The van der Waals surface area contributed by atoms with Crippen LogP contribution in [0.2, 0.25) is 0 Å². The van der Waals surface area contributed by atoms with Crippen LogP contribution in [0.4, 0.5) is 13.2 Å². The van der Waals surface area contributed by atoms with Crippen molar-refractivity contribution in [2.45, 2.75) is 64.9 Å². The van der Waals surface area contributed by atoms with E-state index in [1.54, 1.807) is 24.3 Å². The Bertz CT molecular complexity index is 2010. The minimum absolute atomic E-state index is 0.00989. The van der Waals surface area contributed by atoms with Crippen molar-refractivity contribution in [3.8, 4) is 23.2 Å². The molecule has 1 aliphatic heterocycles. The molecule has 7 nitrogen and oxygen atoms in total. The number of hydrogen-bond donors (Lipinski definition) is 0. The number of rotatable bonds is 9. The molecule has 1 unspecified atom stereocenters. The van der Waals surface area contributed by atoms with E-state index in [-0.39, 0.29) is 64.3 Å². The molecule has 0 bridgehead atoms. The first-order valence-electron chi connectivity index (χ1n) is 14.9. The first kappa shape index (κ1) is 31.0. The molecular weight excluding hydrogens is 593 g/mol. The number of imidazole rings is 1. The van der Waals surface area contributed by atoms with Gasteiger partial charge in [0.15, 0.2) is 5.78 Å². The predicted octanol–water partition coefficient (Wildman–Crippen LogP) is 7.72. The molecule has 0 N–H and O–H groups in total. The fourth-order valence-electron chi connectivity index (χ4n) is 5.76. The Kier molecular flexibility index (Phi) is 8.36. The van der Waals surface area contributed by atoms with Crippen molar-refractivity contribution in [3.05, 3.63) is 112 Å². The van der Waals surface area contributed by atoms with Crippen LogP contribution in [0.3, 0.4) is 0 Å². The van der Waals surface area contributed by atoms with Gasteiger partial charge in [-0.05, 0) is 87.7 Å². The summed E-state index contributed by atoms with van der Waals surface area (Å²) in [6, 6.07) is 18.1. The maximum absolute atomic E-state index is 15.6. The number of benzene rings is 3. The molecular formula is C36H31F3N4O3. The molecule has 10 heteroatoms. The molecule has 1 saturated heterocycles. The zero-order chi connectivity index (χ0) is 32.6. The summed E-state index contributed by atoms with van der Waals surface area (Å²) in [5.74, 6) is -1.36. The molecule has 0 radical (unpaired) electrons. The minimum atomic E-state index is -0.679. The molecule has 1 fully saturated rings. The summed E-state index contributed by atoms with van der Waals surface area (Å²) < 4.78 is 59.3. The van der Waals surface area contributed by atoms with Gasteiger partial charge in [0.25, 0.3) is 0 Å². The monoisotopic (exact) mass is 624 g/mol. The maximum atomic E-state index is 15.6. The van der Waals surface area contributed by atoms with Crippen molar-refractivity contribution >= 4 is 16.8 Å². The number of ketones is 1. The molecule has 5 aromatic rings. The Morgan fingerprint density at radius 2 is 1.83 bits per heavy atom. The second-order valence-electron chi connectivity index (χ2n) is 12.1. The van der Waals surface area contributed by atoms with E-state index in [9.17, 15) is 9.18 Å². The SMILES string of the molecule is CC(=O)c1ccc2nc(Cc3cc(F)c(-c4cccc(OCc5ccc(C#N)cc5F)n4)cc3F)n(CC3CCC(C)(C)O3)c2c1. The number of ether oxygens (including phenoxy) is 2. The summed E-state index contributed by atoms with van der Waals surface area (Å²) in [4.78, 5) is 21.2. The van der Waals surface area contributed by atoms with Gasteiger partial charge in [-0.2, -0.15) is 5.26 Å². The van der Waals surface area contributed by atoms with Crippen LogP contribution < -0.4 is 4.74 Å². The topological polar surface area (TPSA) is 90.0 Å². The molecule has 3 aromatic carbocycles. The highest BCUT2D eigenvalue weighted by atomic mass is 19.1. The molecule has 6 rings (SSSR count). The second kappa shape index (κ2) is 12.4. The summed E-state index contributed by atoms with van der Waals surface area (Å²) in [6.45, 7) is 5.87. The van der Waals surface area contributed by atoms with E-state index in [4.69, 9.17) is 19.7 Å². The predicted molar refractivity (Wildman–Crippen MR) is 166 cm³/mol. The Hall–Kier alpha value is -5.01. The Balaban J connectivity index is 1.27. The van der Waals surface area contributed by atoms with E-state index in [0.717, 1.165) is 36.6 Å². The normalized spacial score (nSPS) is 15.6. The number of fused-ring (bicyclic) bond motifs is 1. The van der Waals surface area contributed by atoms with E-state index in [0.29, 0.717) is 23.4 Å². The van der Waals surface area contributed by atoms with Gasteiger partial charge in [0.2, 0.25) is 5.88 Å². The molecule has 46 heavy (non-hydrogen) atoms. The summed E-state index contributed by atoms with van der Waals surface area (Å²) in [6.07, 6.45) is 1.65. The Morgan fingerprint density at radius 3 is 2.54 bits per heavy atom. The van der Waals surface area contributed by atoms with E-state index < -0.39 is 17.5 Å². The van der Waals surface area contributed by atoms with Crippen LogP contribution in [0.5, 0.6) is 5.88 Å². The number of halogens is 3. The van der Waals surface area contributed by atoms with Gasteiger partial charge in [-0.1, -0.05) is 12.1 Å². The number of Topliss-reactive ketones (excluding diaryl/α,β-unsaturated/α-hetero) is 1. The van der Waals surface area contributed by atoms with Crippen molar-refractivity contribution in [2.75, 3.05) is 0 Å². The standard InChI is InChI=1S/C36H31F3N4O3/c1-21(44)23-9-10-32-33(15-23)43(19-26-11-12-36(2,3)46-26)34(41-32)16-25-14-30(39)27(17-29(25)38)31-5-4-6-35(42-31)45-20-24-8-7-22(18-40)13-28(24)37/h4-10,13-15,17,26H,11-12,16,19-20H2,1-3H3. The average Bonchev–Trinajstić information content (AvgIpc) is 3.55. The maximum Gasteiger partial charge on any atom is 0.214 e. The number of hydrogen-bond acceptors (Lipinski definition) is 6. The average molecular weight is 625 g/mol. The number of pyridine rings is 1. The molecule has 3 heterocycles. The minimum Gasteiger partial charge on any atom is -0.473 e. The van der Waals surface area contributed by atoms with Crippen LogP contribution in [0.1, 0.15) is 66.5 Å². The molecule has 234 valence electrons. The number of nitriles is 1. The van der Waals surface area contributed by atoms with Gasteiger partial charge < -0.3 is 14.0 Å². The summed E-state index contributed by atoms with van der Waals surface area (Å²) in [5.41, 5.74) is 2.27. The lowest BCUT2D eigenvalue weighted by molar-refractivity contribution is -0.0215. The number of carbonyl (C=O) groups is 1. The van der Waals surface area contributed by atoms with E-state index in [1.165, 1.54) is 31.2 Å². The van der Waals surface area contributed by atoms with Gasteiger partial charge in [-0.25, -0.2) is 23.1 Å². The van der Waals surface area contributed by atoms with Crippen molar-refractivity contribution < 1.29 is 27.4 Å². The smallest absolute Gasteiger partial charge is 0.214 e. The third-order valence-corrected chi connectivity index (χ3v) is 8.22. The fourth-order valence-corrected chi connectivity index (χ4v) is 5.76. The lowest BCUT2D eigenvalue weighted by Crippen LogP contribution is -2.23. The lowest BCUT2D eigenvalue weighted by Gasteiger charge is -2.20. The first-order valence-corrected chi connectivity index (χ1v) is 14.9. The molecule has 2 aromatic heterocycles. The van der Waals surface area contributed by atoms with E-state index in [2.05, 4.69) is 4.98 Å². The third kappa shape index (κ3) is 6.51. The van der Waals surface area contributed by atoms with Crippen LogP contribution >= 0.6 is 0 Å². The van der Waals surface area contributed by atoms with E-state index >= 15 is 8.78 Å². The highest BCUT2D eigenvalue weighted by Crippen LogP contribution is 2.33. The van der Waals surface area contributed by atoms with Crippen LogP contribution in [0.25, 0.3) is 22.3 Å². The number of aromatic nitrogens is 3. The molecule has 0 amide bonds. The zero-order valence-corrected chi connectivity index (χ0v) is 25.6. The Labute approximate surface area is 264 Å². The number of nitrogens with zero attached hydrogens (tertiary/aromatic N) is 4. The Morgan fingerprint density at radius 1 is 1.02 bits per heavy atom. The lowest BCUT2D eigenvalue weighted by atomic mass is 10.0. The summed E-state index contributed by atoms with van der Waals surface area (Å²) in [5, 5.41) is 8.93. The van der Waals surface area contributed by atoms with Gasteiger partial charge in [0.05, 0.1) is 46.6 Å². The summed E-state index contributed by atoms with van der Waals surface area (Å²) in [7, 11) is 0. The van der Waals surface area contributed by atoms with Crippen LogP contribution in [0.15, 0.2) is 66.7 Å². The van der Waals surface area contributed by atoms with Crippen LogP contribution in [-0.4, -0.2) is 32.0 Å². The molecule has 1 atom stereocenters. The first-order chi connectivity index (χ1) is 22.0. The quantitative estimate of drug-likeness (QED) is 0.156. The van der Waals surface area contributed by atoms with Gasteiger partial charge in [0.1, 0.15) is 29.9 Å². The molecule has 0 saturated carbocycles. The van der Waals surface area contributed by atoms with Gasteiger partial charge in [-0.15, -0.1) is 0 Å². The number of carbonyl (C=O) groups excluding carboxylic acids is 1. The molecule has 0 aliphatic carbocycles. The van der Waals surface area contributed by atoms with Crippen molar-refractivity contribution in [3.63, 3.8) is 0 Å². The van der Waals surface area contributed by atoms with Gasteiger partial charge in [0, 0.05) is 29.2 Å².